The zero-order valence-electron chi connectivity index (χ0n) is 12.3. The van der Waals surface area contributed by atoms with E-state index in [1.807, 2.05) is 19.9 Å². The Kier molecular flexibility index (Phi) is 4.93. The molecule has 0 fully saturated rings. The molecule has 6 heteroatoms. The molecule has 1 aromatic carbocycles. The van der Waals surface area contributed by atoms with Gasteiger partial charge in [0.15, 0.2) is 0 Å². The molecule has 0 radical (unpaired) electrons. The summed E-state index contributed by atoms with van der Waals surface area (Å²) in [4.78, 5) is 0. The minimum atomic E-state index is -4.41. The van der Waals surface area contributed by atoms with Gasteiger partial charge in [0.05, 0.1) is 24.0 Å². The van der Waals surface area contributed by atoms with Gasteiger partial charge in [-0.25, -0.2) is 0 Å². The van der Waals surface area contributed by atoms with Gasteiger partial charge < -0.3 is 14.8 Å². The van der Waals surface area contributed by atoms with Gasteiger partial charge in [0.1, 0.15) is 5.76 Å². The fourth-order valence-electron chi connectivity index (χ4n) is 2.25. The maximum absolute atomic E-state index is 12.7. The predicted molar refractivity (Wildman–Crippen MR) is 76.3 cm³/mol. The largest absolute Gasteiger partial charge is 0.467 e. The highest BCUT2D eigenvalue weighted by Gasteiger charge is 2.30. The topological polar surface area (TPSA) is 45.4 Å². The van der Waals surface area contributed by atoms with Crippen molar-refractivity contribution in [1.82, 2.24) is 5.32 Å². The van der Waals surface area contributed by atoms with E-state index in [1.54, 1.807) is 6.26 Å². The van der Waals surface area contributed by atoms with Gasteiger partial charge in [0.2, 0.25) is 0 Å². The van der Waals surface area contributed by atoms with Crippen LogP contribution in [0.2, 0.25) is 0 Å². The molecule has 1 aromatic heterocycles. The first-order chi connectivity index (χ1) is 10.3. The number of aliphatic hydroxyl groups excluding tert-OH is 1. The third-order valence-corrected chi connectivity index (χ3v) is 3.51. The summed E-state index contributed by atoms with van der Waals surface area (Å²) in [5, 5.41) is 13.1. The first kappa shape index (κ1) is 16.6. The number of hydrogen-bond acceptors (Lipinski definition) is 3. The fraction of sp³-hybridized carbons (Fsp3) is 0.375. The van der Waals surface area contributed by atoms with E-state index in [1.165, 1.54) is 12.1 Å². The minimum absolute atomic E-state index is 0.128. The summed E-state index contributed by atoms with van der Waals surface area (Å²) in [5.41, 5.74) is 0.443. The molecule has 3 nitrogen and oxygen atoms in total. The van der Waals surface area contributed by atoms with Gasteiger partial charge >= 0.3 is 6.18 Å². The van der Waals surface area contributed by atoms with E-state index >= 15 is 0 Å². The Bertz CT molecular complexity index is 622. The van der Waals surface area contributed by atoms with Crippen LogP contribution in [0.1, 0.15) is 41.5 Å². The highest BCUT2D eigenvalue weighted by atomic mass is 19.4. The SMILES string of the molecule is Cc1ccoc1C(C)NCC(O)c1cccc(C(F)(F)F)c1. The Morgan fingerprint density at radius 3 is 2.59 bits per heavy atom. The first-order valence-electron chi connectivity index (χ1n) is 6.91. The van der Waals surface area contributed by atoms with Crippen molar-refractivity contribution < 1.29 is 22.7 Å². The van der Waals surface area contributed by atoms with E-state index in [-0.39, 0.29) is 18.2 Å². The molecular weight excluding hydrogens is 295 g/mol. The number of furan rings is 1. The van der Waals surface area contributed by atoms with Crippen molar-refractivity contribution >= 4 is 0 Å². The summed E-state index contributed by atoms with van der Waals surface area (Å²) < 4.78 is 43.3. The molecule has 1 heterocycles. The zero-order valence-corrected chi connectivity index (χ0v) is 12.3. The van der Waals surface area contributed by atoms with Gasteiger partial charge in [-0.1, -0.05) is 12.1 Å². The monoisotopic (exact) mass is 313 g/mol. The molecule has 0 amide bonds. The van der Waals surface area contributed by atoms with Crippen LogP contribution in [0.25, 0.3) is 0 Å². The third kappa shape index (κ3) is 3.90. The van der Waals surface area contributed by atoms with Crippen LogP contribution in [0.3, 0.4) is 0 Å². The lowest BCUT2D eigenvalue weighted by Gasteiger charge is -2.17. The van der Waals surface area contributed by atoms with Gasteiger partial charge in [-0.15, -0.1) is 0 Å². The lowest BCUT2D eigenvalue weighted by atomic mass is 10.1. The van der Waals surface area contributed by atoms with Gasteiger partial charge in [-0.2, -0.15) is 13.2 Å². The van der Waals surface area contributed by atoms with Gasteiger partial charge in [-0.05, 0) is 43.2 Å². The normalized spacial score (nSPS) is 14.8. The number of aliphatic hydroxyl groups is 1. The molecule has 22 heavy (non-hydrogen) atoms. The van der Waals surface area contributed by atoms with Crippen LogP contribution in [0.15, 0.2) is 41.0 Å². The molecule has 120 valence electrons. The number of nitrogens with one attached hydrogen (secondary N) is 1. The molecule has 0 saturated heterocycles. The summed E-state index contributed by atoms with van der Waals surface area (Å²) in [6.07, 6.45) is -3.87. The molecule has 2 rings (SSSR count). The maximum Gasteiger partial charge on any atom is 0.416 e. The van der Waals surface area contributed by atoms with Gasteiger partial charge in [-0.3, -0.25) is 0 Å². The number of halogens is 3. The van der Waals surface area contributed by atoms with Crippen LogP contribution < -0.4 is 5.32 Å². The summed E-state index contributed by atoms with van der Waals surface area (Å²) >= 11 is 0. The Morgan fingerprint density at radius 2 is 2.00 bits per heavy atom. The second kappa shape index (κ2) is 6.54. The van der Waals surface area contributed by atoms with E-state index in [4.69, 9.17) is 4.42 Å². The van der Waals surface area contributed by atoms with Crippen molar-refractivity contribution in [3.05, 3.63) is 59.0 Å². The molecule has 0 aliphatic rings. The van der Waals surface area contributed by atoms with Crippen molar-refractivity contribution in [1.29, 1.82) is 0 Å². The average Bonchev–Trinajstić information content (AvgIpc) is 2.90. The lowest BCUT2D eigenvalue weighted by molar-refractivity contribution is -0.137. The van der Waals surface area contributed by atoms with Crippen molar-refractivity contribution in [2.75, 3.05) is 6.54 Å². The van der Waals surface area contributed by atoms with Crippen LogP contribution >= 0.6 is 0 Å². The van der Waals surface area contributed by atoms with Gasteiger partial charge in [0, 0.05) is 6.54 Å². The zero-order chi connectivity index (χ0) is 16.3. The second-order valence-electron chi connectivity index (χ2n) is 5.24. The Hall–Kier alpha value is -1.79. The molecule has 0 spiro atoms. The van der Waals surface area contributed by atoms with Crippen LogP contribution in [-0.2, 0) is 6.18 Å². The third-order valence-electron chi connectivity index (χ3n) is 3.51. The highest BCUT2D eigenvalue weighted by Crippen LogP contribution is 2.30. The van der Waals surface area contributed by atoms with Crippen molar-refractivity contribution in [3.63, 3.8) is 0 Å². The first-order valence-corrected chi connectivity index (χ1v) is 6.91. The van der Waals surface area contributed by atoms with Crippen LogP contribution in [0, 0.1) is 6.92 Å². The molecule has 0 saturated carbocycles. The van der Waals surface area contributed by atoms with E-state index in [2.05, 4.69) is 5.32 Å². The van der Waals surface area contributed by atoms with Crippen molar-refractivity contribution in [2.45, 2.75) is 32.2 Å². The van der Waals surface area contributed by atoms with Gasteiger partial charge in [0.25, 0.3) is 0 Å². The lowest BCUT2D eigenvalue weighted by Crippen LogP contribution is -2.25. The Labute approximate surface area is 126 Å². The molecule has 2 N–H and O–H groups in total. The summed E-state index contributed by atoms with van der Waals surface area (Å²) in [7, 11) is 0. The molecule has 0 aliphatic carbocycles. The Morgan fingerprint density at radius 1 is 1.27 bits per heavy atom. The molecular formula is C16H18F3NO2. The number of alkyl halides is 3. The van der Waals surface area contributed by atoms with E-state index in [0.29, 0.717) is 0 Å². The number of benzene rings is 1. The summed E-state index contributed by atoms with van der Waals surface area (Å²) in [6.45, 7) is 3.90. The number of rotatable bonds is 5. The maximum atomic E-state index is 12.7. The van der Waals surface area contributed by atoms with E-state index in [0.717, 1.165) is 23.5 Å². The summed E-state index contributed by atoms with van der Waals surface area (Å²) in [5.74, 6) is 0.747. The molecule has 2 atom stereocenters. The Balaban J connectivity index is 2.01. The second-order valence-corrected chi connectivity index (χ2v) is 5.24. The fourth-order valence-corrected chi connectivity index (χ4v) is 2.25. The quantitative estimate of drug-likeness (QED) is 0.877. The molecule has 0 aliphatic heterocycles. The minimum Gasteiger partial charge on any atom is -0.467 e. The molecule has 0 bridgehead atoms. The predicted octanol–water partition coefficient (Wildman–Crippen LogP) is 3.99. The van der Waals surface area contributed by atoms with Crippen molar-refractivity contribution in [3.8, 4) is 0 Å². The van der Waals surface area contributed by atoms with Crippen LogP contribution in [0.5, 0.6) is 0 Å². The van der Waals surface area contributed by atoms with E-state index in [9.17, 15) is 18.3 Å². The molecule has 2 aromatic rings. The van der Waals surface area contributed by atoms with E-state index < -0.39 is 17.8 Å². The number of aryl methyl sites for hydroxylation is 1. The average molecular weight is 313 g/mol. The van der Waals surface area contributed by atoms with Crippen LogP contribution in [0.4, 0.5) is 13.2 Å². The standard InChI is InChI=1S/C16H18F3NO2/c1-10-6-7-22-15(10)11(2)20-9-14(21)12-4-3-5-13(8-12)16(17,18)19/h3-8,11,14,20-21H,9H2,1-2H3. The smallest absolute Gasteiger partial charge is 0.416 e. The van der Waals surface area contributed by atoms with Crippen molar-refractivity contribution in [2.24, 2.45) is 0 Å². The molecule has 2 unspecified atom stereocenters. The highest BCUT2D eigenvalue weighted by molar-refractivity contribution is 5.27. The summed E-state index contributed by atoms with van der Waals surface area (Å²) in [6, 6.07) is 6.41. The van der Waals surface area contributed by atoms with Crippen LogP contribution in [-0.4, -0.2) is 11.7 Å². The number of hydrogen-bond donors (Lipinski definition) is 2.